The zero-order valence-electron chi connectivity index (χ0n) is 26.3. The second-order valence-corrected chi connectivity index (χ2v) is 11.7. The quantitative estimate of drug-likeness (QED) is 0.0654. The minimum Gasteiger partial charge on any atom is -0.481 e. The molecule has 17 heteroatoms. The van der Waals surface area contributed by atoms with Gasteiger partial charge in [0.05, 0.1) is 18.6 Å². The maximum Gasteiger partial charge on any atom is 0.328 e. The van der Waals surface area contributed by atoms with Crippen LogP contribution in [-0.2, 0) is 33.6 Å². The van der Waals surface area contributed by atoms with Gasteiger partial charge in [0.2, 0.25) is 29.5 Å². The number of aliphatic hydroxyl groups excluding tert-OH is 1. The molecule has 0 aromatic carbocycles. The van der Waals surface area contributed by atoms with E-state index < -0.39 is 90.3 Å². The van der Waals surface area contributed by atoms with Crippen LogP contribution in [0.4, 0.5) is 0 Å². The molecule has 11 N–H and O–H groups in total. The lowest BCUT2D eigenvalue weighted by atomic mass is 10.0. The monoisotopic (exact) mass is 643 g/mol. The van der Waals surface area contributed by atoms with Crippen molar-refractivity contribution in [2.45, 2.75) is 115 Å². The van der Waals surface area contributed by atoms with Gasteiger partial charge < -0.3 is 53.0 Å². The van der Waals surface area contributed by atoms with Gasteiger partial charge in [-0.2, -0.15) is 0 Å². The lowest BCUT2D eigenvalue weighted by molar-refractivity contribution is -0.146. The Morgan fingerprint density at radius 3 is 1.96 bits per heavy atom. The summed E-state index contributed by atoms with van der Waals surface area (Å²) in [6, 6.07) is -7.51. The van der Waals surface area contributed by atoms with Gasteiger partial charge in [-0.1, -0.05) is 13.8 Å². The summed E-state index contributed by atoms with van der Waals surface area (Å²) in [6.07, 6.45) is -0.373. The van der Waals surface area contributed by atoms with Gasteiger partial charge in [-0.05, 0) is 64.8 Å². The third-order valence-corrected chi connectivity index (χ3v) is 7.21. The molecule has 0 aliphatic carbocycles. The molecular formula is C28H49N7O10. The van der Waals surface area contributed by atoms with Crippen molar-refractivity contribution < 1.29 is 48.9 Å². The van der Waals surface area contributed by atoms with E-state index in [2.05, 4.69) is 16.0 Å². The smallest absolute Gasteiger partial charge is 0.328 e. The maximum absolute atomic E-state index is 13.8. The molecule has 1 fully saturated rings. The summed E-state index contributed by atoms with van der Waals surface area (Å²) in [5.41, 5.74) is 11.3. The highest BCUT2D eigenvalue weighted by Gasteiger charge is 2.40. The van der Waals surface area contributed by atoms with Gasteiger partial charge in [-0.3, -0.25) is 28.8 Å². The van der Waals surface area contributed by atoms with Gasteiger partial charge in [0, 0.05) is 6.54 Å². The molecule has 17 nitrogen and oxygen atoms in total. The molecule has 1 aliphatic rings. The number of likely N-dealkylation sites (tertiary alicyclic amines) is 1. The van der Waals surface area contributed by atoms with Crippen LogP contribution in [0.2, 0.25) is 0 Å². The van der Waals surface area contributed by atoms with Crippen molar-refractivity contribution in [2.75, 3.05) is 13.1 Å². The highest BCUT2D eigenvalue weighted by molar-refractivity contribution is 5.97. The molecular weight excluding hydrogens is 594 g/mol. The van der Waals surface area contributed by atoms with Crippen molar-refractivity contribution in [1.29, 1.82) is 0 Å². The van der Waals surface area contributed by atoms with Crippen LogP contribution in [0.15, 0.2) is 0 Å². The molecule has 0 radical (unpaired) electrons. The predicted octanol–water partition coefficient (Wildman–Crippen LogP) is -2.62. The van der Waals surface area contributed by atoms with Crippen LogP contribution in [0.5, 0.6) is 0 Å². The highest BCUT2D eigenvalue weighted by Crippen LogP contribution is 2.21. The van der Waals surface area contributed by atoms with E-state index in [0.29, 0.717) is 25.8 Å². The lowest BCUT2D eigenvalue weighted by Gasteiger charge is -2.31. The first-order chi connectivity index (χ1) is 21.0. The molecule has 1 heterocycles. The number of amides is 5. The van der Waals surface area contributed by atoms with E-state index in [1.54, 1.807) is 0 Å². The topological polar surface area (TPSA) is 284 Å². The average molecular weight is 644 g/mol. The minimum atomic E-state index is -1.76. The van der Waals surface area contributed by atoms with E-state index in [4.69, 9.17) is 11.5 Å². The van der Waals surface area contributed by atoms with Crippen LogP contribution in [0, 0.1) is 5.92 Å². The molecule has 0 bridgehead atoms. The fourth-order valence-corrected chi connectivity index (χ4v) is 4.83. The Balaban J connectivity index is 3.19. The Kier molecular flexibility index (Phi) is 16.4. The summed E-state index contributed by atoms with van der Waals surface area (Å²) in [7, 11) is 0. The van der Waals surface area contributed by atoms with Crippen LogP contribution in [-0.4, -0.2) is 117 Å². The van der Waals surface area contributed by atoms with E-state index >= 15 is 0 Å². The zero-order chi connectivity index (χ0) is 34.4. The third-order valence-electron chi connectivity index (χ3n) is 7.21. The molecule has 0 aromatic rings. The van der Waals surface area contributed by atoms with Gasteiger partial charge in [0.25, 0.3) is 0 Å². The minimum absolute atomic E-state index is 0.00879. The molecule has 0 unspecified atom stereocenters. The summed E-state index contributed by atoms with van der Waals surface area (Å²) in [5.74, 6) is -6.75. The number of nitrogens with zero attached hydrogens (tertiary/aromatic N) is 1. The van der Waals surface area contributed by atoms with Crippen molar-refractivity contribution in [1.82, 2.24) is 26.2 Å². The standard InChI is InChI=1S/C28H49N7O10/c1-14(2)12-18(32-23(39)15(3)30)24(40)31-17(8-5-6-10-29)27(43)35-11-7-9-20(35)26(42)33-19(13-21(37)38)25(41)34-22(16(4)36)28(44)45/h14-20,22,36H,5-13,29-30H2,1-4H3,(H,31,40)(H,32,39)(H,33,42)(H,34,41)(H,37,38)(H,44,45)/t15-,16+,17-,18-,19-,20-,22-/m0/s1. The highest BCUT2D eigenvalue weighted by atomic mass is 16.4. The van der Waals surface area contributed by atoms with Crippen molar-refractivity contribution in [3.63, 3.8) is 0 Å². The number of carboxylic acid groups (broad SMARTS) is 2. The fraction of sp³-hybridized carbons (Fsp3) is 0.750. The number of hydrogen-bond acceptors (Lipinski definition) is 10. The molecule has 7 atom stereocenters. The number of aliphatic hydroxyl groups is 1. The van der Waals surface area contributed by atoms with E-state index in [1.807, 2.05) is 19.2 Å². The Morgan fingerprint density at radius 1 is 0.844 bits per heavy atom. The Labute approximate surface area is 262 Å². The summed E-state index contributed by atoms with van der Waals surface area (Å²) in [4.78, 5) is 89.5. The number of rotatable bonds is 19. The zero-order valence-corrected chi connectivity index (χ0v) is 26.3. The van der Waals surface area contributed by atoms with Crippen LogP contribution >= 0.6 is 0 Å². The molecule has 1 aliphatic heterocycles. The summed E-state index contributed by atoms with van der Waals surface area (Å²) in [6.45, 7) is 6.79. The number of nitrogens with two attached hydrogens (primary N) is 2. The van der Waals surface area contributed by atoms with Gasteiger partial charge in [0.15, 0.2) is 6.04 Å². The van der Waals surface area contributed by atoms with E-state index in [-0.39, 0.29) is 31.7 Å². The molecule has 0 spiro atoms. The summed E-state index contributed by atoms with van der Waals surface area (Å²) >= 11 is 0. The van der Waals surface area contributed by atoms with Crippen LogP contribution in [0.3, 0.4) is 0 Å². The van der Waals surface area contributed by atoms with Crippen molar-refractivity contribution in [3.05, 3.63) is 0 Å². The molecule has 45 heavy (non-hydrogen) atoms. The predicted molar refractivity (Wildman–Crippen MR) is 160 cm³/mol. The first-order valence-corrected chi connectivity index (χ1v) is 15.1. The molecule has 1 saturated heterocycles. The third kappa shape index (κ3) is 13.0. The number of aliphatic carboxylic acids is 2. The lowest BCUT2D eigenvalue weighted by Crippen LogP contribution is -2.59. The van der Waals surface area contributed by atoms with Crippen molar-refractivity contribution in [3.8, 4) is 0 Å². The summed E-state index contributed by atoms with van der Waals surface area (Å²) in [5, 5.41) is 37.9. The molecule has 0 aromatic heterocycles. The van der Waals surface area contributed by atoms with Crippen molar-refractivity contribution in [2.24, 2.45) is 17.4 Å². The van der Waals surface area contributed by atoms with Gasteiger partial charge in [-0.15, -0.1) is 0 Å². The number of carbonyl (C=O) groups excluding carboxylic acids is 5. The van der Waals surface area contributed by atoms with Gasteiger partial charge in [-0.25, -0.2) is 4.79 Å². The fourth-order valence-electron chi connectivity index (χ4n) is 4.83. The second kappa shape index (κ2) is 18.9. The van der Waals surface area contributed by atoms with E-state index in [1.165, 1.54) is 11.8 Å². The number of hydrogen-bond donors (Lipinski definition) is 9. The second-order valence-electron chi connectivity index (χ2n) is 11.7. The SMILES string of the molecule is CC(C)C[C@H](NC(=O)[C@H](C)N)C(=O)N[C@@H](CCCCN)C(=O)N1CCC[C@H]1C(=O)N[C@@H](CC(=O)O)C(=O)N[C@H](C(=O)O)[C@@H](C)O. The Bertz CT molecular complexity index is 1070. The number of carboxylic acids is 2. The number of carbonyl (C=O) groups is 7. The molecule has 0 saturated carbocycles. The van der Waals surface area contributed by atoms with Gasteiger partial charge >= 0.3 is 11.9 Å². The maximum atomic E-state index is 13.8. The average Bonchev–Trinajstić information content (AvgIpc) is 3.43. The van der Waals surface area contributed by atoms with Crippen molar-refractivity contribution >= 4 is 41.5 Å². The van der Waals surface area contributed by atoms with E-state index in [0.717, 1.165) is 6.92 Å². The molecule has 256 valence electrons. The normalized spacial score (nSPS) is 18.6. The first-order valence-electron chi connectivity index (χ1n) is 15.1. The van der Waals surface area contributed by atoms with Crippen LogP contribution < -0.4 is 32.7 Å². The van der Waals surface area contributed by atoms with Crippen LogP contribution in [0.25, 0.3) is 0 Å². The number of unbranched alkanes of at least 4 members (excludes halogenated alkanes) is 1. The first kappa shape index (κ1) is 39.2. The molecule has 1 rings (SSSR count). The largest absolute Gasteiger partial charge is 0.481 e. The van der Waals surface area contributed by atoms with E-state index in [9.17, 15) is 48.9 Å². The summed E-state index contributed by atoms with van der Waals surface area (Å²) < 4.78 is 0. The van der Waals surface area contributed by atoms with Gasteiger partial charge in [0.1, 0.15) is 24.2 Å². The molecule has 5 amide bonds. The number of nitrogens with one attached hydrogen (secondary N) is 4. The van der Waals surface area contributed by atoms with Crippen LogP contribution in [0.1, 0.15) is 72.6 Å². The Morgan fingerprint density at radius 2 is 1.44 bits per heavy atom. The Hall–Kier alpha value is -3.83.